The molecule has 0 radical (unpaired) electrons. The number of phenolic OH excluding ortho intramolecular Hbond substituents is 2. The molecular weight excluding hydrogens is 424 g/mol. The predicted octanol–water partition coefficient (Wildman–Crippen LogP) is 3.43. The van der Waals surface area contributed by atoms with E-state index in [2.05, 4.69) is 16.8 Å². The lowest BCUT2D eigenvalue weighted by Crippen LogP contribution is -2.37. The molecule has 2 heterocycles. The molecule has 1 fully saturated rings. The Bertz CT molecular complexity index is 1150. The minimum atomic E-state index is -0.413. The molecule has 8 heteroatoms. The van der Waals surface area contributed by atoms with E-state index >= 15 is 0 Å². The minimum Gasteiger partial charge on any atom is -0.507 e. The molecule has 0 amide bonds. The van der Waals surface area contributed by atoms with Gasteiger partial charge in [0.05, 0.1) is 20.3 Å². The van der Waals surface area contributed by atoms with E-state index < -0.39 is 5.43 Å². The van der Waals surface area contributed by atoms with Crippen LogP contribution in [0.3, 0.4) is 0 Å². The molecule has 1 aliphatic rings. The number of unbranched alkanes of at least 4 members (excludes halogenated alkanes) is 1. The Morgan fingerprint density at radius 3 is 2.48 bits per heavy atom. The molecule has 2 aromatic carbocycles. The number of fused-ring (bicyclic) bond motifs is 1. The van der Waals surface area contributed by atoms with Crippen LogP contribution in [-0.4, -0.2) is 68.7 Å². The number of rotatable bonds is 8. The van der Waals surface area contributed by atoms with Crippen molar-refractivity contribution >= 4 is 16.7 Å². The van der Waals surface area contributed by atoms with Gasteiger partial charge in [0, 0.05) is 50.1 Å². The van der Waals surface area contributed by atoms with E-state index in [9.17, 15) is 15.0 Å². The lowest BCUT2D eigenvalue weighted by Gasteiger charge is -2.27. The normalized spacial score (nSPS) is 14.5. The summed E-state index contributed by atoms with van der Waals surface area (Å²) in [6.45, 7) is 5.76. The molecule has 0 saturated carbocycles. The third-order valence-corrected chi connectivity index (χ3v) is 6.03. The fourth-order valence-electron chi connectivity index (χ4n) is 4.14. The molecule has 0 atom stereocenters. The van der Waals surface area contributed by atoms with Crippen LogP contribution in [0.5, 0.6) is 17.2 Å². The van der Waals surface area contributed by atoms with Crippen molar-refractivity contribution in [3.63, 3.8) is 0 Å². The van der Waals surface area contributed by atoms with Crippen molar-refractivity contribution < 1.29 is 24.1 Å². The van der Waals surface area contributed by atoms with E-state index in [0.29, 0.717) is 11.3 Å². The maximum Gasteiger partial charge on any atom is 0.204 e. The zero-order valence-corrected chi connectivity index (χ0v) is 19.0. The highest BCUT2D eigenvalue weighted by atomic mass is 16.5. The summed E-state index contributed by atoms with van der Waals surface area (Å²) in [5.41, 5.74) is 1.38. The van der Waals surface area contributed by atoms with Gasteiger partial charge in [0.25, 0.3) is 0 Å². The van der Waals surface area contributed by atoms with Crippen molar-refractivity contribution in [3.8, 4) is 28.6 Å². The molecule has 0 bridgehead atoms. The van der Waals surface area contributed by atoms with Crippen LogP contribution in [0.1, 0.15) is 12.8 Å². The summed E-state index contributed by atoms with van der Waals surface area (Å²) in [5, 5.41) is 20.1. The van der Waals surface area contributed by atoms with Gasteiger partial charge in [-0.2, -0.15) is 0 Å². The van der Waals surface area contributed by atoms with E-state index in [1.165, 1.54) is 13.2 Å². The molecule has 4 rings (SSSR count). The van der Waals surface area contributed by atoms with Crippen LogP contribution < -0.4 is 15.1 Å². The van der Waals surface area contributed by atoms with Gasteiger partial charge in [-0.15, -0.1) is 0 Å². The number of phenols is 2. The number of aromatic hydroxyl groups is 2. The summed E-state index contributed by atoms with van der Waals surface area (Å²) < 4.78 is 16.5. The van der Waals surface area contributed by atoms with Crippen molar-refractivity contribution in [1.29, 1.82) is 0 Å². The molecule has 2 N–H and O–H groups in total. The van der Waals surface area contributed by atoms with Crippen LogP contribution in [0.15, 0.2) is 45.6 Å². The molecule has 8 nitrogen and oxygen atoms in total. The second-order valence-electron chi connectivity index (χ2n) is 8.26. The Kier molecular flexibility index (Phi) is 7.05. The van der Waals surface area contributed by atoms with E-state index in [-0.39, 0.29) is 28.2 Å². The van der Waals surface area contributed by atoms with Gasteiger partial charge in [0.15, 0.2) is 16.8 Å². The van der Waals surface area contributed by atoms with Gasteiger partial charge >= 0.3 is 0 Å². The molecule has 1 saturated heterocycles. The third kappa shape index (κ3) is 5.07. The monoisotopic (exact) mass is 454 g/mol. The maximum atomic E-state index is 12.6. The number of hydrogen-bond acceptors (Lipinski definition) is 8. The van der Waals surface area contributed by atoms with Crippen LogP contribution in [0.25, 0.3) is 22.3 Å². The maximum absolute atomic E-state index is 12.6. The number of morpholine rings is 1. The molecule has 33 heavy (non-hydrogen) atoms. The number of benzene rings is 2. The summed E-state index contributed by atoms with van der Waals surface area (Å²) in [7, 11) is 3.43. The van der Waals surface area contributed by atoms with E-state index in [1.54, 1.807) is 0 Å². The SMILES string of the molecule is COc1c(O)cc(O)c2c(=O)cc(-c3ccc(N(C)CCCCN4CCOCC4)cc3)oc12. The average molecular weight is 455 g/mol. The van der Waals surface area contributed by atoms with Gasteiger partial charge in [-0.1, -0.05) is 0 Å². The zero-order valence-electron chi connectivity index (χ0n) is 19.0. The standard InChI is InChI=1S/C25H30N2O6/c1-26(9-3-4-10-27-11-13-32-14-12-27)18-7-5-17(6-8-18)22-16-20(29)23-19(28)15-21(30)24(31-2)25(23)33-22/h5-8,15-16,28,30H,3-4,9-14H2,1-2H3. The summed E-state index contributed by atoms with van der Waals surface area (Å²) in [5.74, 6) is -0.312. The Balaban J connectivity index is 1.45. The number of methoxy groups -OCH3 is 1. The lowest BCUT2D eigenvalue weighted by atomic mass is 10.1. The average Bonchev–Trinajstić information content (AvgIpc) is 2.82. The quantitative estimate of drug-likeness (QED) is 0.500. The molecule has 1 aliphatic heterocycles. The number of anilines is 1. The smallest absolute Gasteiger partial charge is 0.204 e. The van der Waals surface area contributed by atoms with Crippen molar-refractivity contribution in [2.45, 2.75) is 12.8 Å². The summed E-state index contributed by atoms with van der Waals surface area (Å²) >= 11 is 0. The second-order valence-corrected chi connectivity index (χ2v) is 8.26. The van der Waals surface area contributed by atoms with Crippen molar-refractivity contribution in [3.05, 3.63) is 46.6 Å². The van der Waals surface area contributed by atoms with Gasteiger partial charge < -0.3 is 29.0 Å². The first-order valence-electron chi connectivity index (χ1n) is 11.2. The Morgan fingerprint density at radius 1 is 1.06 bits per heavy atom. The summed E-state index contributed by atoms with van der Waals surface area (Å²) in [6, 6.07) is 10.2. The molecule has 1 aromatic heterocycles. The van der Waals surface area contributed by atoms with Gasteiger partial charge in [-0.05, 0) is 43.7 Å². The van der Waals surface area contributed by atoms with E-state index in [1.807, 2.05) is 24.3 Å². The van der Waals surface area contributed by atoms with Gasteiger partial charge in [0.1, 0.15) is 16.9 Å². The van der Waals surface area contributed by atoms with Crippen LogP contribution in [0.4, 0.5) is 5.69 Å². The first kappa shape index (κ1) is 22.9. The number of hydrogen-bond donors (Lipinski definition) is 2. The van der Waals surface area contributed by atoms with Crippen molar-refractivity contribution in [2.24, 2.45) is 0 Å². The van der Waals surface area contributed by atoms with Gasteiger partial charge in [0.2, 0.25) is 5.75 Å². The Labute approximate surface area is 192 Å². The summed E-state index contributed by atoms with van der Waals surface area (Å²) in [4.78, 5) is 17.3. The van der Waals surface area contributed by atoms with Crippen LogP contribution in [-0.2, 0) is 4.74 Å². The molecule has 176 valence electrons. The van der Waals surface area contributed by atoms with E-state index in [0.717, 1.165) is 64.0 Å². The minimum absolute atomic E-state index is 0.00943. The molecule has 3 aromatic rings. The second kappa shape index (κ2) is 10.1. The Morgan fingerprint density at radius 2 is 1.79 bits per heavy atom. The summed E-state index contributed by atoms with van der Waals surface area (Å²) in [6.07, 6.45) is 2.24. The van der Waals surface area contributed by atoms with Crippen LogP contribution >= 0.6 is 0 Å². The predicted molar refractivity (Wildman–Crippen MR) is 128 cm³/mol. The first-order chi connectivity index (χ1) is 16.0. The molecule has 0 unspecified atom stereocenters. The lowest BCUT2D eigenvalue weighted by molar-refractivity contribution is 0.0372. The largest absolute Gasteiger partial charge is 0.507 e. The van der Waals surface area contributed by atoms with Crippen molar-refractivity contribution in [2.75, 3.05) is 58.5 Å². The van der Waals surface area contributed by atoms with Gasteiger partial charge in [-0.3, -0.25) is 9.69 Å². The highest BCUT2D eigenvalue weighted by Gasteiger charge is 2.19. The van der Waals surface area contributed by atoms with Crippen LogP contribution in [0, 0.1) is 0 Å². The van der Waals surface area contributed by atoms with E-state index in [4.69, 9.17) is 13.9 Å². The first-order valence-corrected chi connectivity index (χ1v) is 11.2. The molecular formula is C25H30N2O6. The third-order valence-electron chi connectivity index (χ3n) is 6.03. The molecule has 0 spiro atoms. The number of nitrogens with zero attached hydrogens (tertiary/aromatic N) is 2. The zero-order chi connectivity index (χ0) is 23.4. The van der Waals surface area contributed by atoms with Crippen LogP contribution in [0.2, 0.25) is 0 Å². The molecule has 0 aliphatic carbocycles. The van der Waals surface area contributed by atoms with Gasteiger partial charge in [-0.25, -0.2) is 0 Å². The highest BCUT2D eigenvalue weighted by Crippen LogP contribution is 2.40. The highest BCUT2D eigenvalue weighted by molar-refractivity contribution is 5.91. The number of ether oxygens (including phenoxy) is 2. The fourth-order valence-corrected chi connectivity index (χ4v) is 4.14. The van der Waals surface area contributed by atoms with Crippen molar-refractivity contribution in [1.82, 2.24) is 4.90 Å². The fraction of sp³-hybridized carbons (Fsp3) is 0.400. The topological polar surface area (TPSA) is 95.6 Å². The Hall–Kier alpha value is -3.23.